The van der Waals surface area contributed by atoms with E-state index in [1.54, 1.807) is 11.3 Å². The number of thiophene rings is 1. The van der Waals surface area contributed by atoms with Crippen molar-refractivity contribution in [1.82, 2.24) is 0 Å². The van der Waals surface area contributed by atoms with Crippen LogP contribution in [-0.2, 0) is 6.42 Å². The van der Waals surface area contributed by atoms with Crippen molar-refractivity contribution in [3.05, 3.63) is 64.6 Å². The van der Waals surface area contributed by atoms with Crippen molar-refractivity contribution >= 4 is 23.1 Å². The lowest BCUT2D eigenvalue weighted by atomic mass is 9.83. The van der Waals surface area contributed by atoms with E-state index in [-0.39, 0.29) is 6.10 Å². The Hall–Kier alpha value is -1.97. The van der Waals surface area contributed by atoms with Gasteiger partial charge in [-0.05, 0) is 73.1 Å². The third kappa shape index (κ3) is 4.85. The summed E-state index contributed by atoms with van der Waals surface area (Å²) < 4.78 is 0. The Balaban J connectivity index is 1.57. The summed E-state index contributed by atoms with van der Waals surface area (Å²) >= 11 is 1.76. The smallest absolute Gasteiger partial charge is 0.0580 e. The highest BCUT2D eigenvalue weighted by atomic mass is 32.1. The summed E-state index contributed by atoms with van der Waals surface area (Å²) in [6, 6.07) is 8.62. The Morgan fingerprint density at radius 3 is 2.70 bits per heavy atom. The van der Waals surface area contributed by atoms with Crippen LogP contribution in [0, 0.1) is 18.3 Å². The van der Waals surface area contributed by atoms with Gasteiger partial charge >= 0.3 is 0 Å². The van der Waals surface area contributed by atoms with Crippen molar-refractivity contribution in [2.24, 2.45) is 5.92 Å². The van der Waals surface area contributed by atoms with E-state index in [4.69, 9.17) is 5.41 Å². The molecule has 2 N–H and O–H groups in total. The summed E-state index contributed by atoms with van der Waals surface area (Å²) in [7, 11) is 0. The van der Waals surface area contributed by atoms with Gasteiger partial charge < -0.3 is 10.5 Å². The summed E-state index contributed by atoms with van der Waals surface area (Å²) in [5, 5.41) is 20.4. The maximum atomic E-state index is 9.85. The van der Waals surface area contributed by atoms with E-state index < -0.39 is 0 Å². The molecule has 1 heterocycles. The minimum Gasteiger partial charge on any atom is -0.393 e. The molecule has 0 aliphatic heterocycles. The van der Waals surface area contributed by atoms with E-state index in [0.717, 1.165) is 31.4 Å². The van der Waals surface area contributed by atoms with E-state index in [0.29, 0.717) is 12.3 Å². The fraction of sp³-hybridized carbons (Fsp3) is 0.375. The molecule has 27 heavy (non-hydrogen) atoms. The molecule has 1 aromatic carbocycles. The molecule has 0 radical (unpaired) electrons. The molecule has 0 fully saturated rings. The quantitative estimate of drug-likeness (QED) is 0.423. The molecular formula is C24H29NOS. The molecule has 2 nitrogen and oxygen atoms in total. The number of allylic oxidation sites excluding steroid dienone is 1. The molecule has 0 amide bonds. The van der Waals surface area contributed by atoms with Crippen LogP contribution in [0.25, 0.3) is 16.5 Å². The summed E-state index contributed by atoms with van der Waals surface area (Å²) in [5.74, 6) is 0.428. The maximum absolute atomic E-state index is 9.85. The van der Waals surface area contributed by atoms with E-state index in [1.165, 1.54) is 32.7 Å². The summed E-state index contributed by atoms with van der Waals surface area (Å²) in [6.45, 7) is 8.17. The first-order valence-electron chi connectivity index (χ1n) is 9.68. The van der Waals surface area contributed by atoms with E-state index in [2.05, 4.69) is 56.1 Å². The Morgan fingerprint density at radius 1 is 1.30 bits per heavy atom. The van der Waals surface area contributed by atoms with Crippen LogP contribution in [0.15, 0.2) is 47.9 Å². The van der Waals surface area contributed by atoms with Crippen LogP contribution < -0.4 is 0 Å². The van der Waals surface area contributed by atoms with Gasteiger partial charge in [0.15, 0.2) is 0 Å². The van der Waals surface area contributed by atoms with Gasteiger partial charge in [0.25, 0.3) is 0 Å². The molecule has 1 aliphatic carbocycles. The molecule has 142 valence electrons. The fourth-order valence-electron chi connectivity index (χ4n) is 3.82. The lowest BCUT2D eigenvalue weighted by Crippen LogP contribution is -2.19. The minimum atomic E-state index is -0.206. The van der Waals surface area contributed by atoms with Gasteiger partial charge in [-0.1, -0.05) is 48.6 Å². The molecule has 0 bridgehead atoms. The summed E-state index contributed by atoms with van der Waals surface area (Å²) in [5.41, 5.74) is 7.07. The average molecular weight is 380 g/mol. The van der Waals surface area contributed by atoms with Gasteiger partial charge in [-0.3, -0.25) is 0 Å². The fourth-order valence-corrected chi connectivity index (χ4v) is 4.90. The van der Waals surface area contributed by atoms with Crippen molar-refractivity contribution in [1.29, 1.82) is 5.41 Å². The predicted octanol–water partition coefficient (Wildman–Crippen LogP) is 6.43. The normalized spacial score (nSPS) is 19.6. The molecule has 2 atom stereocenters. The third-order valence-electron chi connectivity index (χ3n) is 5.64. The van der Waals surface area contributed by atoms with Crippen molar-refractivity contribution in [2.45, 2.75) is 52.1 Å². The Kier molecular flexibility index (Phi) is 6.46. The third-order valence-corrected chi connectivity index (χ3v) is 6.79. The Labute approximate surface area is 166 Å². The highest BCUT2D eigenvalue weighted by molar-refractivity contribution is 7.14. The van der Waals surface area contributed by atoms with Gasteiger partial charge in [0.1, 0.15) is 0 Å². The minimum absolute atomic E-state index is 0.206. The lowest BCUT2D eigenvalue weighted by molar-refractivity contribution is 0.141. The highest BCUT2D eigenvalue weighted by Gasteiger charge is 2.20. The highest BCUT2D eigenvalue weighted by Crippen LogP contribution is 2.33. The summed E-state index contributed by atoms with van der Waals surface area (Å²) in [6.07, 6.45) is 7.97. The van der Waals surface area contributed by atoms with Crippen LogP contribution in [0.4, 0.5) is 0 Å². The molecule has 1 aliphatic rings. The second kappa shape index (κ2) is 8.81. The van der Waals surface area contributed by atoms with Crippen LogP contribution in [0.1, 0.15) is 49.3 Å². The Morgan fingerprint density at radius 2 is 2.04 bits per heavy atom. The number of aliphatic hydroxyl groups is 1. The number of rotatable bonds is 7. The van der Waals surface area contributed by atoms with Crippen molar-refractivity contribution in [3.63, 3.8) is 0 Å². The topological polar surface area (TPSA) is 44.1 Å². The lowest BCUT2D eigenvalue weighted by Gasteiger charge is -2.25. The van der Waals surface area contributed by atoms with Gasteiger partial charge in [-0.15, -0.1) is 11.3 Å². The monoisotopic (exact) mass is 379 g/mol. The van der Waals surface area contributed by atoms with Crippen LogP contribution in [0.5, 0.6) is 0 Å². The molecule has 0 unspecified atom stereocenters. The number of hydrogen-bond acceptors (Lipinski definition) is 3. The summed E-state index contributed by atoms with van der Waals surface area (Å²) in [4.78, 5) is 1.30. The number of nitrogens with one attached hydrogen (secondary N) is 1. The molecule has 0 saturated carbocycles. The van der Waals surface area contributed by atoms with E-state index in [9.17, 15) is 5.11 Å². The van der Waals surface area contributed by atoms with Gasteiger partial charge in [-0.2, -0.15) is 0 Å². The van der Waals surface area contributed by atoms with Gasteiger partial charge in [0.2, 0.25) is 0 Å². The average Bonchev–Trinajstić information content (AvgIpc) is 3.03. The molecule has 3 rings (SSSR count). The first-order chi connectivity index (χ1) is 13.0. The first-order valence-corrected chi connectivity index (χ1v) is 10.6. The largest absolute Gasteiger partial charge is 0.393 e. The molecule has 0 saturated heterocycles. The zero-order valence-corrected chi connectivity index (χ0v) is 17.1. The molecule has 0 spiro atoms. The second-order valence-electron chi connectivity index (χ2n) is 7.64. The SMILES string of the molecule is C=Cc1csc(-c2ccc(CC(=N)CC[C@@H]3C[C@@H](O)CC=C3C)cc2)c1C. The number of benzene rings is 1. The maximum Gasteiger partial charge on any atom is 0.0580 e. The molecular weight excluding hydrogens is 350 g/mol. The van der Waals surface area contributed by atoms with E-state index in [1.807, 2.05) is 6.08 Å². The van der Waals surface area contributed by atoms with E-state index >= 15 is 0 Å². The Bertz CT molecular complexity index is 844. The van der Waals surface area contributed by atoms with Crippen LogP contribution in [0.3, 0.4) is 0 Å². The van der Waals surface area contributed by atoms with Gasteiger partial charge in [-0.25, -0.2) is 0 Å². The number of hydrogen-bond donors (Lipinski definition) is 2. The molecule has 1 aromatic heterocycles. The van der Waals surface area contributed by atoms with Crippen LogP contribution in [-0.4, -0.2) is 16.9 Å². The van der Waals surface area contributed by atoms with Crippen molar-refractivity contribution in [2.75, 3.05) is 0 Å². The van der Waals surface area contributed by atoms with Gasteiger partial charge in [0, 0.05) is 17.0 Å². The predicted molar refractivity (Wildman–Crippen MR) is 118 cm³/mol. The zero-order chi connectivity index (χ0) is 19.4. The zero-order valence-electron chi connectivity index (χ0n) is 16.3. The number of aliphatic hydroxyl groups excluding tert-OH is 1. The van der Waals surface area contributed by atoms with Crippen molar-refractivity contribution < 1.29 is 5.11 Å². The van der Waals surface area contributed by atoms with Crippen LogP contribution in [0.2, 0.25) is 0 Å². The van der Waals surface area contributed by atoms with Gasteiger partial charge in [0.05, 0.1) is 6.10 Å². The second-order valence-corrected chi connectivity index (χ2v) is 8.52. The standard InChI is InChI=1S/C24H29NOS/c1-4-19-15-27-24(17(19)3)20-8-6-18(7-9-20)13-22(25)11-10-21-14-23(26)12-5-16(21)2/h4-9,15,21,23,25-26H,1,10-14H2,2-3H3/t21-,23+/m1/s1. The molecule has 3 heteroatoms. The molecule has 2 aromatic rings. The van der Waals surface area contributed by atoms with Crippen molar-refractivity contribution in [3.8, 4) is 10.4 Å². The first kappa shape index (κ1) is 19.8. The van der Waals surface area contributed by atoms with Crippen LogP contribution >= 0.6 is 11.3 Å².